The molecule has 88 valence electrons. The van der Waals surface area contributed by atoms with Crippen molar-refractivity contribution < 1.29 is 25.2 Å². The van der Waals surface area contributed by atoms with Crippen molar-refractivity contribution in [3.8, 4) is 0 Å². The van der Waals surface area contributed by atoms with Crippen molar-refractivity contribution in [1.82, 2.24) is 0 Å². The van der Waals surface area contributed by atoms with Crippen LogP contribution < -0.4 is 0 Å². The average molecular weight is 247 g/mol. The first-order chi connectivity index (χ1) is 7.47. The van der Waals surface area contributed by atoms with Crippen molar-refractivity contribution in [2.24, 2.45) is 0 Å². The largest absolute Gasteiger partial charge is 0.478 e. The van der Waals surface area contributed by atoms with Crippen LogP contribution in [0.1, 0.15) is 22.0 Å². The molecule has 2 atom stereocenters. The van der Waals surface area contributed by atoms with Gasteiger partial charge in [-0.05, 0) is 23.8 Å². The van der Waals surface area contributed by atoms with Crippen molar-refractivity contribution in [3.05, 3.63) is 34.3 Å². The van der Waals surface area contributed by atoms with Crippen LogP contribution in [0.2, 0.25) is 5.02 Å². The zero-order chi connectivity index (χ0) is 12.3. The topological polar surface area (TPSA) is 98.0 Å². The molecule has 2 unspecified atom stereocenters. The summed E-state index contributed by atoms with van der Waals surface area (Å²) >= 11 is 5.67. The number of carboxylic acid groups (broad SMARTS) is 1. The van der Waals surface area contributed by atoms with E-state index in [1.54, 1.807) is 0 Å². The van der Waals surface area contributed by atoms with Crippen molar-refractivity contribution in [1.29, 1.82) is 0 Å². The molecule has 5 nitrogen and oxygen atoms in total. The molecule has 4 N–H and O–H groups in total. The van der Waals surface area contributed by atoms with E-state index in [9.17, 15) is 15.0 Å². The average Bonchev–Trinajstić information content (AvgIpc) is 2.26. The lowest BCUT2D eigenvalue weighted by Crippen LogP contribution is -2.23. The number of carboxylic acids is 1. The Morgan fingerprint density at radius 3 is 2.50 bits per heavy atom. The molecule has 0 saturated carbocycles. The predicted octanol–water partition coefficient (Wildman–Crippen LogP) is 0.425. The Morgan fingerprint density at radius 2 is 2.00 bits per heavy atom. The van der Waals surface area contributed by atoms with Crippen LogP contribution in [0.5, 0.6) is 0 Å². The molecule has 0 aromatic heterocycles. The molecule has 0 spiro atoms. The Morgan fingerprint density at radius 1 is 1.38 bits per heavy atom. The van der Waals surface area contributed by atoms with Crippen LogP contribution in [0.3, 0.4) is 0 Å². The summed E-state index contributed by atoms with van der Waals surface area (Å²) in [4.78, 5) is 10.9. The second kappa shape index (κ2) is 5.27. The molecule has 6 heteroatoms. The Labute approximate surface area is 96.5 Å². The van der Waals surface area contributed by atoms with Crippen LogP contribution in [-0.4, -0.2) is 39.1 Å². The second-order valence-corrected chi connectivity index (χ2v) is 3.67. The fraction of sp³-hybridized carbons (Fsp3) is 0.300. The Kier molecular flexibility index (Phi) is 4.26. The lowest BCUT2D eigenvalue weighted by atomic mass is 9.99. The molecule has 0 fully saturated rings. The highest BCUT2D eigenvalue weighted by molar-refractivity contribution is 6.30. The Hall–Kier alpha value is -1.14. The molecule has 1 rings (SSSR count). The number of aliphatic hydroxyl groups is 3. The van der Waals surface area contributed by atoms with Crippen LogP contribution >= 0.6 is 11.6 Å². The maximum atomic E-state index is 10.9. The number of hydrogen-bond acceptors (Lipinski definition) is 4. The molecule has 0 radical (unpaired) electrons. The van der Waals surface area contributed by atoms with E-state index < -0.39 is 24.8 Å². The van der Waals surface area contributed by atoms with Gasteiger partial charge in [0.2, 0.25) is 0 Å². The first-order valence-corrected chi connectivity index (χ1v) is 4.85. The third-order valence-electron chi connectivity index (χ3n) is 2.11. The van der Waals surface area contributed by atoms with E-state index in [0.29, 0.717) is 0 Å². The SMILES string of the molecule is O=C(O)c1ccc(Cl)cc1C(O)C(O)CO. The number of aromatic carboxylic acids is 1. The molecule has 16 heavy (non-hydrogen) atoms. The van der Waals surface area contributed by atoms with Gasteiger partial charge in [-0.1, -0.05) is 11.6 Å². The number of carbonyl (C=O) groups is 1. The highest BCUT2D eigenvalue weighted by Gasteiger charge is 2.23. The quantitative estimate of drug-likeness (QED) is 0.617. The number of aliphatic hydroxyl groups excluding tert-OH is 3. The summed E-state index contributed by atoms with van der Waals surface area (Å²) in [6.45, 7) is -0.674. The Balaban J connectivity index is 3.19. The van der Waals surface area contributed by atoms with E-state index >= 15 is 0 Å². The van der Waals surface area contributed by atoms with Gasteiger partial charge in [-0.15, -0.1) is 0 Å². The summed E-state index contributed by atoms with van der Waals surface area (Å²) in [7, 11) is 0. The molecular weight excluding hydrogens is 236 g/mol. The van der Waals surface area contributed by atoms with Gasteiger partial charge in [-0.3, -0.25) is 0 Å². The summed E-state index contributed by atoms with van der Waals surface area (Å²) in [5.41, 5.74) is -0.189. The number of benzene rings is 1. The number of hydrogen-bond donors (Lipinski definition) is 4. The fourth-order valence-corrected chi connectivity index (χ4v) is 1.46. The predicted molar refractivity (Wildman–Crippen MR) is 56.5 cm³/mol. The van der Waals surface area contributed by atoms with Gasteiger partial charge in [0, 0.05) is 5.02 Å². The van der Waals surface area contributed by atoms with Gasteiger partial charge in [0.1, 0.15) is 12.2 Å². The fourth-order valence-electron chi connectivity index (χ4n) is 1.28. The maximum absolute atomic E-state index is 10.9. The van der Waals surface area contributed by atoms with Crippen LogP contribution in [0.15, 0.2) is 18.2 Å². The molecule has 0 aliphatic heterocycles. The molecular formula is C10H11ClO5. The molecule has 0 aliphatic rings. The molecule has 1 aromatic carbocycles. The van der Waals surface area contributed by atoms with E-state index in [4.69, 9.17) is 21.8 Å². The molecule has 0 saturated heterocycles. The van der Waals surface area contributed by atoms with Crippen LogP contribution in [0, 0.1) is 0 Å². The smallest absolute Gasteiger partial charge is 0.336 e. The van der Waals surface area contributed by atoms with Crippen molar-refractivity contribution in [2.45, 2.75) is 12.2 Å². The minimum atomic E-state index is -1.49. The van der Waals surface area contributed by atoms with Crippen LogP contribution in [-0.2, 0) is 0 Å². The van der Waals surface area contributed by atoms with Gasteiger partial charge in [0.05, 0.1) is 12.2 Å². The standard InChI is InChI=1S/C10H11ClO5/c11-5-1-2-6(10(15)16)7(3-5)9(14)8(13)4-12/h1-3,8-9,12-14H,4H2,(H,15,16). The van der Waals surface area contributed by atoms with Crippen molar-refractivity contribution in [3.63, 3.8) is 0 Å². The van der Waals surface area contributed by atoms with Gasteiger partial charge < -0.3 is 20.4 Å². The van der Waals surface area contributed by atoms with E-state index in [1.165, 1.54) is 18.2 Å². The minimum absolute atomic E-state index is 0.0263. The summed E-state index contributed by atoms with van der Waals surface area (Å²) in [6, 6.07) is 3.84. The van der Waals surface area contributed by atoms with E-state index in [0.717, 1.165) is 0 Å². The first-order valence-electron chi connectivity index (χ1n) is 4.47. The molecule has 0 bridgehead atoms. The molecule has 1 aromatic rings. The summed E-state index contributed by atoms with van der Waals surface area (Å²) in [5.74, 6) is -1.24. The van der Waals surface area contributed by atoms with Gasteiger partial charge in [-0.25, -0.2) is 4.79 Å². The van der Waals surface area contributed by atoms with Crippen LogP contribution in [0.4, 0.5) is 0 Å². The second-order valence-electron chi connectivity index (χ2n) is 3.23. The Bertz CT molecular complexity index is 393. The lowest BCUT2D eigenvalue weighted by Gasteiger charge is -2.18. The molecule has 0 amide bonds. The highest BCUT2D eigenvalue weighted by Crippen LogP contribution is 2.24. The van der Waals surface area contributed by atoms with E-state index in [1.807, 2.05) is 0 Å². The normalized spacial score (nSPS) is 14.5. The van der Waals surface area contributed by atoms with E-state index in [-0.39, 0.29) is 16.1 Å². The zero-order valence-electron chi connectivity index (χ0n) is 8.17. The van der Waals surface area contributed by atoms with Gasteiger partial charge in [0.15, 0.2) is 0 Å². The summed E-state index contributed by atoms with van der Waals surface area (Å²) < 4.78 is 0. The molecule has 0 heterocycles. The van der Waals surface area contributed by atoms with Crippen molar-refractivity contribution in [2.75, 3.05) is 6.61 Å². The lowest BCUT2D eigenvalue weighted by molar-refractivity contribution is -0.0157. The van der Waals surface area contributed by atoms with Gasteiger partial charge in [-0.2, -0.15) is 0 Å². The first kappa shape index (κ1) is 12.9. The third-order valence-corrected chi connectivity index (χ3v) is 2.35. The number of halogens is 1. The molecule has 0 aliphatic carbocycles. The third kappa shape index (κ3) is 2.70. The van der Waals surface area contributed by atoms with Gasteiger partial charge in [0.25, 0.3) is 0 Å². The number of rotatable bonds is 4. The maximum Gasteiger partial charge on any atom is 0.336 e. The van der Waals surface area contributed by atoms with Crippen molar-refractivity contribution >= 4 is 17.6 Å². The zero-order valence-corrected chi connectivity index (χ0v) is 8.92. The monoisotopic (exact) mass is 246 g/mol. The summed E-state index contributed by atoms with van der Waals surface area (Å²) in [6.07, 6.45) is -2.94. The summed E-state index contributed by atoms with van der Waals surface area (Å²) in [5, 5.41) is 36.6. The van der Waals surface area contributed by atoms with Gasteiger partial charge >= 0.3 is 5.97 Å². The van der Waals surface area contributed by atoms with Crippen LogP contribution in [0.25, 0.3) is 0 Å². The highest BCUT2D eigenvalue weighted by atomic mass is 35.5. The minimum Gasteiger partial charge on any atom is -0.478 e. The van der Waals surface area contributed by atoms with E-state index in [2.05, 4.69) is 0 Å².